The lowest BCUT2D eigenvalue weighted by Gasteiger charge is -2.26. The van der Waals surface area contributed by atoms with E-state index in [9.17, 15) is 4.39 Å². The lowest BCUT2D eigenvalue weighted by atomic mass is 9.85. The topological polar surface area (TPSA) is 36.9 Å². The standard InChI is InChI=1S/C19H30FN3O/c1-5-21-18(23-11-10-15(12-23)13-24-4)22-14-19(2,3)16-6-8-17(20)9-7-16/h6-9,15H,5,10-14H2,1-4H3,(H,21,22). The summed E-state index contributed by atoms with van der Waals surface area (Å²) >= 11 is 0. The maximum absolute atomic E-state index is 13.1. The fraction of sp³-hybridized carbons (Fsp3) is 0.632. The van der Waals surface area contributed by atoms with E-state index in [1.807, 2.05) is 12.1 Å². The summed E-state index contributed by atoms with van der Waals surface area (Å²) in [4.78, 5) is 7.17. The highest BCUT2D eigenvalue weighted by molar-refractivity contribution is 5.80. The van der Waals surface area contributed by atoms with Gasteiger partial charge in [0.2, 0.25) is 0 Å². The van der Waals surface area contributed by atoms with Crippen molar-refractivity contribution in [2.45, 2.75) is 32.6 Å². The van der Waals surface area contributed by atoms with Crippen molar-refractivity contribution in [1.82, 2.24) is 10.2 Å². The van der Waals surface area contributed by atoms with Gasteiger partial charge < -0.3 is 15.0 Å². The van der Waals surface area contributed by atoms with Crippen molar-refractivity contribution in [3.05, 3.63) is 35.6 Å². The Morgan fingerprint density at radius 1 is 1.38 bits per heavy atom. The zero-order chi connectivity index (χ0) is 17.6. The number of halogens is 1. The average Bonchev–Trinajstić information content (AvgIpc) is 3.01. The van der Waals surface area contributed by atoms with Crippen molar-refractivity contribution in [3.8, 4) is 0 Å². The van der Waals surface area contributed by atoms with Gasteiger partial charge in [-0.15, -0.1) is 0 Å². The van der Waals surface area contributed by atoms with E-state index in [2.05, 4.69) is 31.0 Å². The number of methoxy groups -OCH3 is 1. The van der Waals surface area contributed by atoms with Gasteiger partial charge in [0.1, 0.15) is 5.82 Å². The number of benzene rings is 1. The summed E-state index contributed by atoms with van der Waals surface area (Å²) in [6.07, 6.45) is 1.14. The Balaban J connectivity index is 2.06. The van der Waals surface area contributed by atoms with E-state index in [0.717, 1.165) is 44.2 Å². The molecule has 4 nitrogen and oxygen atoms in total. The summed E-state index contributed by atoms with van der Waals surface area (Å²) in [7, 11) is 1.76. The quantitative estimate of drug-likeness (QED) is 0.641. The first kappa shape index (κ1) is 18.7. The molecule has 134 valence electrons. The smallest absolute Gasteiger partial charge is 0.193 e. The second-order valence-corrected chi connectivity index (χ2v) is 7.12. The maximum atomic E-state index is 13.1. The molecule has 24 heavy (non-hydrogen) atoms. The van der Waals surface area contributed by atoms with Crippen LogP contribution in [-0.2, 0) is 10.2 Å². The Morgan fingerprint density at radius 2 is 2.08 bits per heavy atom. The maximum Gasteiger partial charge on any atom is 0.193 e. The van der Waals surface area contributed by atoms with Crippen molar-refractivity contribution in [2.24, 2.45) is 10.9 Å². The minimum atomic E-state index is -0.201. The molecule has 1 atom stereocenters. The van der Waals surface area contributed by atoms with E-state index in [-0.39, 0.29) is 11.2 Å². The predicted octanol–water partition coefficient (Wildman–Crippen LogP) is 3.04. The molecular formula is C19H30FN3O. The summed E-state index contributed by atoms with van der Waals surface area (Å²) in [5.41, 5.74) is 0.960. The van der Waals surface area contributed by atoms with Gasteiger partial charge in [-0.05, 0) is 31.0 Å². The van der Waals surface area contributed by atoms with Gasteiger partial charge in [-0.1, -0.05) is 26.0 Å². The largest absolute Gasteiger partial charge is 0.384 e. The van der Waals surface area contributed by atoms with Crippen molar-refractivity contribution in [1.29, 1.82) is 0 Å². The van der Waals surface area contributed by atoms with Crippen LogP contribution in [0.2, 0.25) is 0 Å². The first-order chi connectivity index (χ1) is 11.5. The molecule has 0 aromatic heterocycles. The van der Waals surface area contributed by atoms with Crippen LogP contribution in [0, 0.1) is 11.7 Å². The first-order valence-electron chi connectivity index (χ1n) is 8.74. The van der Waals surface area contributed by atoms with E-state index in [1.54, 1.807) is 7.11 Å². The number of rotatable bonds is 6. The summed E-state index contributed by atoms with van der Waals surface area (Å²) < 4.78 is 18.4. The minimum Gasteiger partial charge on any atom is -0.384 e. The van der Waals surface area contributed by atoms with E-state index in [4.69, 9.17) is 9.73 Å². The molecule has 0 spiro atoms. The molecule has 1 saturated heterocycles. The third-order valence-electron chi connectivity index (χ3n) is 4.57. The monoisotopic (exact) mass is 335 g/mol. The van der Waals surface area contributed by atoms with Crippen LogP contribution in [0.1, 0.15) is 32.8 Å². The van der Waals surface area contributed by atoms with Gasteiger partial charge in [-0.3, -0.25) is 4.99 Å². The lowest BCUT2D eigenvalue weighted by Crippen LogP contribution is -2.41. The number of nitrogens with zero attached hydrogens (tertiary/aromatic N) is 2. The molecule has 1 unspecified atom stereocenters. The third kappa shape index (κ3) is 4.94. The lowest BCUT2D eigenvalue weighted by molar-refractivity contribution is 0.157. The van der Waals surface area contributed by atoms with Crippen LogP contribution in [-0.4, -0.2) is 50.8 Å². The van der Waals surface area contributed by atoms with Crippen LogP contribution >= 0.6 is 0 Å². The molecule has 2 rings (SSSR count). The van der Waals surface area contributed by atoms with Gasteiger partial charge >= 0.3 is 0 Å². The molecule has 5 heteroatoms. The van der Waals surface area contributed by atoms with Gasteiger partial charge in [0.15, 0.2) is 5.96 Å². The number of guanidine groups is 1. The minimum absolute atomic E-state index is 0.139. The number of hydrogen-bond acceptors (Lipinski definition) is 2. The molecule has 0 saturated carbocycles. The molecule has 1 aliphatic rings. The van der Waals surface area contributed by atoms with E-state index in [0.29, 0.717) is 12.5 Å². The Morgan fingerprint density at radius 3 is 2.71 bits per heavy atom. The Bertz CT molecular complexity index is 542. The molecule has 1 aliphatic heterocycles. The number of ether oxygens (including phenoxy) is 1. The molecule has 1 N–H and O–H groups in total. The van der Waals surface area contributed by atoms with E-state index in [1.165, 1.54) is 12.1 Å². The van der Waals surface area contributed by atoms with Crippen LogP contribution in [0.15, 0.2) is 29.3 Å². The molecule has 1 fully saturated rings. The fourth-order valence-corrected chi connectivity index (χ4v) is 3.09. The highest BCUT2D eigenvalue weighted by Crippen LogP contribution is 2.24. The number of nitrogens with one attached hydrogen (secondary N) is 1. The molecule has 1 heterocycles. The van der Waals surface area contributed by atoms with Gasteiger partial charge in [0.05, 0.1) is 13.2 Å². The van der Waals surface area contributed by atoms with Crippen LogP contribution in [0.3, 0.4) is 0 Å². The molecule has 1 aromatic rings. The van der Waals surface area contributed by atoms with Crippen LogP contribution < -0.4 is 5.32 Å². The summed E-state index contributed by atoms with van der Waals surface area (Å²) in [6.45, 7) is 10.7. The average molecular weight is 335 g/mol. The van der Waals surface area contributed by atoms with Gasteiger partial charge in [-0.2, -0.15) is 0 Å². The highest BCUT2D eigenvalue weighted by atomic mass is 19.1. The van der Waals surface area contributed by atoms with Crippen molar-refractivity contribution in [2.75, 3.05) is 39.9 Å². The zero-order valence-electron chi connectivity index (χ0n) is 15.3. The second-order valence-electron chi connectivity index (χ2n) is 7.12. The van der Waals surface area contributed by atoms with E-state index >= 15 is 0 Å². The molecule has 0 aliphatic carbocycles. The number of hydrogen-bond donors (Lipinski definition) is 1. The first-order valence-corrected chi connectivity index (χ1v) is 8.74. The summed E-state index contributed by atoms with van der Waals surface area (Å²) in [5.74, 6) is 1.34. The Hall–Kier alpha value is -1.62. The van der Waals surface area contributed by atoms with Crippen molar-refractivity contribution < 1.29 is 9.13 Å². The van der Waals surface area contributed by atoms with Crippen LogP contribution in [0.4, 0.5) is 4.39 Å². The highest BCUT2D eigenvalue weighted by Gasteiger charge is 2.26. The van der Waals surface area contributed by atoms with Crippen LogP contribution in [0.25, 0.3) is 0 Å². The second kappa shape index (κ2) is 8.47. The Kier molecular flexibility index (Phi) is 6.60. The SMILES string of the molecule is CCNC(=NCC(C)(C)c1ccc(F)cc1)N1CCC(COC)C1. The zero-order valence-corrected chi connectivity index (χ0v) is 15.3. The molecule has 1 aromatic carbocycles. The van der Waals surface area contributed by atoms with Crippen molar-refractivity contribution in [3.63, 3.8) is 0 Å². The van der Waals surface area contributed by atoms with Crippen molar-refractivity contribution >= 4 is 5.96 Å². The molecule has 0 radical (unpaired) electrons. The normalized spacial score (nSPS) is 19.0. The van der Waals surface area contributed by atoms with Gasteiger partial charge in [-0.25, -0.2) is 4.39 Å². The van der Waals surface area contributed by atoms with E-state index < -0.39 is 0 Å². The molecular weight excluding hydrogens is 305 g/mol. The Labute approximate surface area is 145 Å². The van der Waals surface area contributed by atoms with Crippen LogP contribution in [0.5, 0.6) is 0 Å². The number of aliphatic imine (C=N–C) groups is 1. The fourth-order valence-electron chi connectivity index (χ4n) is 3.09. The predicted molar refractivity (Wildman–Crippen MR) is 97.0 cm³/mol. The number of likely N-dealkylation sites (tertiary alicyclic amines) is 1. The molecule has 0 bridgehead atoms. The molecule has 0 amide bonds. The third-order valence-corrected chi connectivity index (χ3v) is 4.57. The summed E-state index contributed by atoms with van der Waals surface area (Å²) in [6, 6.07) is 6.73. The summed E-state index contributed by atoms with van der Waals surface area (Å²) in [5, 5.41) is 3.40. The van der Waals surface area contributed by atoms with Gasteiger partial charge in [0, 0.05) is 38.1 Å². The van der Waals surface area contributed by atoms with Gasteiger partial charge in [0.25, 0.3) is 0 Å².